The lowest BCUT2D eigenvalue weighted by molar-refractivity contribution is -0.123. The predicted molar refractivity (Wildman–Crippen MR) is 56.6 cm³/mol. The van der Waals surface area contributed by atoms with Crippen molar-refractivity contribution in [1.82, 2.24) is 0 Å². The predicted octanol–water partition coefficient (Wildman–Crippen LogP) is 0.322. The topological polar surface area (TPSA) is 70.8 Å². The molecule has 0 aromatic rings. The van der Waals surface area contributed by atoms with Gasteiger partial charge in [-0.3, -0.25) is 4.79 Å². The first-order chi connectivity index (χ1) is 7.27. The highest BCUT2D eigenvalue weighted by Gasteiger charge is 1.94. The number of primary amides is 1. The van der Waals surface area contributed by atoms with Crippen molar-refractivity contribution in [3.05, 3.63) is 0 Å². The molecule has 0 aliphatic rings. The molecule has 90 valence electrons. The smallest absolute Gasteiger partial charge is 0.243 e. The Hall–Kier alpha value is -0.650. The number of hydrogen-bond donors (Lipinski definition) is 1. The van der Waals surface area contributed by atoms with E-state index < -0.39 is 5.91 Å². The minimum Gasteiger partial charge on any atom is -0.385 e. The van der Waals surface area contributed by atoms with Gasteiger partial charge in [0.05, 0.1) is 13.2 Å². The highest BCUT2D eigenvalue weighted by atomic mass is 16.5. The number of carbonyl (C=O) groups is 1. The second kappa shape index (κ2) is 11.4. The van der Waals surface area contributed by atoms with Crippen LogP contribution in [0.2, 0.25) is 0 Å². The number of rotatable bonds is 11. The Balaban J connectivity index is 2.89. The number of nitrogens with two attached hydrogens (primary N) is 1. The Morgan fingerprint density at radius 1 is 1.00 bits per heavy atom. The fourth-order valence-electron chi connectivity index (χ4n) is 1.02. The van der Waals surface area contributed by atoms with Crippen molar-refractivity contribution >= 4 is 5.91 Å². The van der Waals surface area contributed by atoms with Crippen molar-refractivity contribution in [3.63, 3.8) is 0 Å². The van der Waals surface area contributed by atoms with Crippen molar-refractivity contribution < 1.29 is 19.0 Å². The van der Waals surface area contributed by atoms with E-state index in [1.54, 1.807) is 7.11 Å². The Kier molecular flexibility index (Phi) is 10.9. The van der Waals surface area contributed by atoms with Gasteiger partial charge in [-0.1, -0.05) is 0 Å². The number of hydrogen-bond acceptors (Lipinski definition) is 4. The SMILES string of the molecule is COCCCCCOCCOCC(N)=O. The molecule has 1 amide bonds. The lowest BCUT2D eigenvalue weighted by Gasteiger charge is -2.04. The van der Waals surface area contributed by atoms with Crippen LogP contribution in [0, 0.1) is 0 Å². The molecule has 0 bridgehead atoms. The van der Waals surface area contributed by atoms with Crippen LogP contribution in [0.4, 0.5) is 0 Å². The molecule has 0 aromatic heterocycles. The molecule has 0 atom stereocenters. The first kappa shape index (κ1) is 14.3. The summed E-state index contributed by atoms with van der Waals surface area (Å²) >= 11 is 0. The molecule has 15 heavy (non-hydrogen) atoms. The van der Waals surface area contributed by atoms with Crippen LogP contribution in [-0.4, -0.2) is 46.1 Å². The van der Waals surface area contributed by atoms with E-state index in [9.17, 15) is 4.79 Å². The first-order valence-corrected chi connectivity index (χ1v) is 5.20. The molecule has 0 fully saturated rings. The molecule has 0 rings (SSSR count). The van der Waals surface area contributed by atoms with Crippen LogP contribution in [0.3, 0.4) is 0 Å². The van der Waals surface area contributed by atoms with Gasteiger partial charge in [-0.15, -0.1) is 0 Å². The van der Waals surface area contributed by atoms with E-state index in [1.165, 1.54) is 0 Å². The zero-order chi connectivity index (χ0) is 11.4. The van der Waals surface area contributed by atoms with Crippen LogP contribution < -0.4 is 5.73 Å². The second-order valence-electron chi connectivity index (χ2n) is 3.18. The van der Waals surface area contributed by atoms with E-state index in [4.69, 9.17) is 19.9 Å². The molecule has 0 aliphatic carbocycles. The van der Waals surface area contributed by atoms with Crippen molar-refractivity contribution in [1.29, 1.82) is 0 Å². The second-order valence-corrected chi connectivity index (χ2v) is 3.18. The monoisotopic (exact) mass is 219 g/mol. The maximum absolute atomic E-state index is 10.3. The molecule has 0 heterocycles. The molecule has 0 saturated carbocycles. The third-order valence-electron chi connectivity index (χ3n) is 1.75. The Morgan fingerprint density at radius 3 is 2.33 bits per heavy atom. The third-order valence-corrected chi connectivity index (χ3v) is 1.75. The molecule has 0 radical (unpaired) electrons. The molecule has 0 aromatic carbocycles. The fraction of sp³-hybridized carbons (Fsp3) is 0.900. The van der Waals surface area contributed by atoms with Gasteiger partial charge in [-0.05, 0) is 19.3 Å². The molecule has 0 aliphatic heterocycles. The van der Waals surface area contributed by atoms with E-state index in [1.807, 2.05) is 0 Å². The lowest BCUT2D eigenvalue weighted by atomic mass is 10.2. The molecule has 0 spiro atoms. The quantitative estimate of drug-likeness (QED) is 0.508. The van der Waals surface area contributed by atoms with Gasteiger partial charge in [0.25, 0.3) is 0 Å². The summed E-state index contributed by atoms with van der Waals surface area (Å²) in [5.74, 6) is -0.449. The third kappa shape index (κ3) is 13.3. The van der Waals surface area contributed by atoms with Crippen LogP contribution in [0.15, 0.2) is 0 Å². The van der Waals surface area contributed by atoms with Gasteiger partial charge in [0.2, 0.25) is 5.91 Å². The Labute approximate surface area is 90.9 Å². The average Bonchev–Trinajstić information content (AvgIpc) is 2.20. The van der Waals surface area contributed by atoms with Crippen molar-refractivity contribution in [2.45, 2.75) is 19.3 Å². The first-order valence-electron chi connectivity index (χ1n) is 5.20. The van der Waals surface area contributed by atoms with Crippen LogP contribution in [0.25, 0.3) is 0 Å². The standard InChI is InChI=1S/C10H21NO4/c1-13-5-3-2-4-6-14-7-8-15-9-10(11)12/h2-9H2,1H3,(H2,11,12). The summed E-state index contributed by atoms with van der Waals surface area (Å²) in [7, 11) is 1.70. The van der Waals surface area contributed by atoms with E-state index in [0.29, 0.717) is 13.2 Å². The van der Waals surface area contributed by atoms with Gasteiger partial charge in [-0.2, -0.15) is 0 Å². The van der Waals surface area contributed by atoms with Crippen LogP contribution >= 0.6 is 0 Å². The van der Waals surface area contributed by atoms with Gasteiger partial charge in [0.15, 0.2) is 0 Å². The minimum absolute atomic E-state index is 0.0306. The lowest BCUT2D eigenvalue weighted by Crippen LogP contribution is -2.19. The van der Waals surface area contributed by atoms with E-state index >= 15 is 0 Å². The average molecular weight is 219 g/mol. The summed E-state index contributed by atoms with van der Waals surface area (Å²) in [4.78, 5) is 10.3. The number of unbranched alkanes of at least 4 members (excludes halogenated alkanes) is 2. The number of methoxy groups -OCH3 is 1. The normalized spacial score (nSPS) is 10.5. The highest BCUT2D eigenvalue weighted by molar-refractivity contribution is 5.74. The van der Waals surface area contributed by atoms with Crippen LogP contribution in [0.1, 0.15) is 19.3 Å². The molecule has 5 heteroatoms. The Morgan fingerprint density at radius 2 is 1.67 bits per heavy atom. The number of ether oxygens (including phenoxy) is 3. The summed E-state index contributed by atoms with van der Waals surface area (Å²) in [5, 5.41) is 0. The number of amides is 1. The summed E-state index contributed by atoms with van der Waals surface area (Å²) in [6.45, 7) is 2.43. The summed E-state index contributed by atoms with van der Waals surface area (Å²) in [6, 6.07) is 0. The van der Waals surface area contributed by atoms with Gasteiger partial charge >= 0.3 is 0 Å². The van der Waals surface area contributed by atoms with Crippen molar-refractivity contribution in [2.24, 2.45) is 5.73 Å². The molecule has 2 N–H and O–H groups in total. The molecule has 5 nitrogen and oxygen atoms in total. The van der Waals surface area contributed by atoms with Crippen LogP contribution in [-0.2, 0) is 19.0 Å². The Bertz CT molecular complexity index is 152. The molecule has 0 saturated heterocycles. The molecular formula is C10H21NO4. The van der Waals surface area contributed by atoms with Crippen molar-refractivity contribution in [2.75, 3.05) is 40.1 Å². The van der Waals surface area contributed by atoms with E-state index in [-0.39, 0.29) is 6.61 Å². The van der Waals surface area contributed by atoms with Gasteiger partial charge in [0.1, 0.15) is 6.61 Å². The number of carbonyl (C=O) groups excluding carboxylic acids is 1. The van der Waals surface area contributed by atoms with Gasteiger partial charge in [-0.25, -0.2) is 0 Å². The largest absolute Gasteiger partial charge is 0.385 e. The molecular weight excluding hydrogens is 198 g/mol. The van der Waals surface area contributed by atoms with Crippen LogP contribution in [0.5, 0.6) is 0 Å². The maximum Gasteiger partial charge on any atom is 0.243 e. The fourth-order valence-corrected chi connectivity index (χ4v) is 1.02. The zero-order valence-electron chi connectivity index (χ0n) is 9.37. The van der Waals surface area contributed by atoms with E-state index in [2.05, 4.69) is 0 Å². The van der Waals surface area contributed by atoms with Gasteiger partial charge in [0, 0.05) is 20.3 Å². The van der Waals surface area contributed by atoms with Gasteiger partial charge < -0.3 is 19.9 Å². The maximum atomic E-state index is 10.3. The summed E-state index contributed by atoms with van der Waals surface area (Å²) < 4.78 is 15.1. The van der Waals surface area contributed by atoms with Crippen molar-refractivity contribution in [3.8, 4) is 0 Å². The highest BCUT2D eigenvalue weighted by Crippen LogP contribution is 1.95. The minimum atomic E-state index is -0.449. The molecule has 0 unspecified atom stereocenters. The zero-order valence-corrected chi connectivity index (χ0v) is 9.37. The summed E-state index contributed by atoms with van der Waals surface area (Å²) in [5.41, 5.74) is 4.88. The summed E-state index contributed by atoms with van der Waals surface area (Å²) in [6.07, 6.45) is 3.20. The van der Waals surface area contributed by atoms with E-state index in [0.717, 1.165) is 32.5 Å².